The number of ether oxygens (including phenoxy) is 1. The number of esters is 1. The van der Waals surface area contributed by atoms with Crippen molar-refractivity contribution in [2.45, 2.75) is 56.4 Å². The second-order valence-corrected chi connectivity index (χ2v) is 12.8. The van der Waals surface area contributed by atoms with Gasteiger partial charge >= 0.3 is 5.97 Å². The van der Waals surface area contributed by atoms with E-state index in [0.29, 0.717) is 30.2 Å². The molecule has 1 amide bonds. The molecule has 4 heterocycles. The van der Waals surface area contributed by atoms with Crippen molar-refractivity contribution in [2.75, 3.05) is 19.7 Å². The Morgan fingerprint density at radius 3 is 2.57 bits per heavy atom. The molecule has 6 rings (SSSR count). The van der Waals surface area contributed by atoms with Gasteiger partial charge in [0.25, 0.3) is 5.91 Å². The number of amides is 1. The lowest BCUT2D eigenvalue weighted by Crippen LogP contribution is -2.36. The summed E-state index contributed by atoms with van der Waals surface area (Å²) in [5.74, 6) is -0.0523. The van der Waals surface area contributed by atoms with Gasteiger partial charge in [-0.05, 0) is 92.6 Å². The van der Waals surface area contributed by atoms with Crippen LogP contribution in [0.1, 0.15) is 72.0 Å². The predicted molar refractivity (Wildman–Crippen MR) is 154 cm³/mol. The van der Waals surface area contributed by atoms with E-state index in [1.54, 1.807) is 31.6 Å². The first kappa shape index (κ1) is 28.2. The van der Waals surface area contributed by atoms with Crippen LogP contribution < -0.4 is 0 Å². The van der Waals surface area contributed by atoms with Gasteiger partial charge in [0.2, 0.25) is 10.0 Å². The quantitative estimate of drug-likeness (QED) is 0.340. The molecular weight excluding hydrogens is 558 g/mol. The first-order valence-electron chi connectivity index (χ1n) is 14.3. The Bertz CT molecular complexity index is 1620. The maximum absolute atomic E-state index is 13.5. The van der Waals surface area contributed by atoms with Gasteiger partial charge in [0.15, 0.2) is 6.61 Å². The van der Waals surface area contributed by atoms with Crippen molar-refractivity contribution in [3.63, 3.8) is 0 Å². The molecule has 42 heavy (non-hydrogen) atoms. The number of furan rings is 2. The molecule has 2 aromatic heterocycles. The van der Waals surface area contributed by atoms with Crippen LogP contribution in [0.25, 0.3) is 6.08 Å². The SMILES string of the molecule is Cc1ccc(C(=O)OCC(=O)N2N=C3C(=Cc4ccco4)CCCC3C2c2ccco2)cc1S(=O)(=O)N1CCCCC1. The Morgan fingerprint density at radius 1 is 1.05 bits per heavy atom. The highest BCUT2D eigenvalue weighted by atomic mass is 32.2. The van der Waals surface area contributed by atoms with Crippen molar-refractivity contribution < 1.29 is 31.6 Å². The van der Waals surface area contributed by atoms with Crippen LogP contribution in [0.4, 0.5) is 0 Å². The topological polar surface area (TPSA) is 123 Å². The highest BCUT2D eigenvalue weighted by Gasteiger charge is 2.45. The number of aryl methyl sites for hydroxylation is 1. The summed E-state index contributed by atoms with van der Waals surface area (Å²) in [6, 6.07) is 11.2. The van der Waals surface area contributed by atoms with Crippen molar-refractivity contribution in [2.24, 2.45) is 11.0 Å². The van der Waals surface area contributed by atoms with E-state index in [2.05, 4.69) is 0 Å². The molecule has 2 unspecified atom stereocenters. The average molecular weight is 592 g/mol. The Kier molecular flexibility index (Phi) is 7.87. The first-order chi connectivity index (χ1) is 20.3. The molecule has 220 valence electrons. The van der Waals surface area contributed by atoms with Gasteiger partial charge in [-0.15, -0.1) is 0 Å². The second-order valence-electron chi connectivity index (χ2n) is 10.9. The van der Waals surface area contributed by atoms with Gasteiger partial charge in [0, 0.05) is 19.0 Å². The minimum Gasteiger partial charge on any atom is -0.467 e. The number of benzene rings is 1. The molecule has 2 fully saturated rings. The fourth-order valence-corrected chi connectivity index (χ4v) is 7.78. The third kappa shape index (κ3) is 5.46. The Morgan fingerprint density at radius 2 is 1.83 bits per heavy atom. The number of carbonyl (C=O) groups excluding carboxylic acids is 2. The zero-order valence-electron chi connectivity index (χ0n) is 23.4. The first-order valence-corrected chi connectivity index (χ1v) is 15.7. The highest BCUT2D eigenvalue weighted by molar-refractivity contribution is 7.89. The van der Waals surface area contributed by atoms with Crippen LogP contribution in [0.15, 0.2) is 79.4 Å². The number of carbonyl (C=O) groups is 2. The lowest BCUT2D eigenvalue weighted by Gasteiger charge is -2.27. The van der Waals surface area contributed by atoms with Crippen molar-refractivity contribution in [3.8, 4) is 0 Å². The van der Waals surface area contributed by atoms with Crippen LogP contribution in [0, 0.1) is 12.8 Å². The third-order valence-corrected chi connectivity index (χ3v) is 10.2. The molecule has 0 N–H and O–H groups in total. The summed E-state index contributed by atoms with van der Waals surface area (Å²) < 4.78 is 44.7. The fourth-order valence-electron chi connectivity index (χ4n) is 6.02. The van der Waals surface area contributed by atoms with E-state index in [1.165, 1.54) is 21.4 Å². The predicted octanol–water partition coefficient (Wildman–Crippen LogP) is 5.34. The highest BCUT2D eigenvalue weighted by Crippen LogP contribution is 2.44. The molecule has 10 nitrogen and oxygen atoms in total. The minimum atomic E-state index is -3.75. The van der Waals surface area contributed by atoms with Crippen LogP contribution in [0.2, 0.25) is 0 Å². The van der Waals surface area contributed by atoms with Crippen LogP contribution in [0.3, 0.4) is 0 Å². The molecule has 1 aromatic carbocycles. The van der Waals surface area contributed by atoms with Gasteiger partial charge in [-0.1, -0.05) is 12.5 Å². The van der Waals surface area contributed by atoms with Crippen molar-refractivity contribution in [3.05, 3.63) is 83.2 Å². The maximum atomic E-state index is 13.5. The normalized spacial score (nSPS) is 22.2. The van der Waals surface area contributed by atoms with Gasteiger partial charge in [-0.3, -0.25) is 4.79 Å². The van der Waals surface area contributed by atoms with E-state index < -0.39 is 34.5 Å². The molecule has 1 saturated carbocycles. The standard InChI is InChI=1S/C31H33N3O7S/c1-21-12-13-23(19-27(21)42(37,38)33-14-3-2-4-15-33)31(36)41-20-28(35)34-30(26-11-7-17-40-26)25-10-5-8-22(29(25)32-34)18-24-9-6-16-39-24/h6-7,9,11-13,16-19,25,30H,2-5,8,10,14-15,20H2,1H3. The van der Waals surface area contributed by atoms with Gasteiger partial charge < -0.3 is 13.6 Å². The van der Waals surface area contributed by atoms with Crippen LogP contribution in [-0.4, -0.2) is 55.0 Å². The van der Waals surface area contributed by atoms with Crippen LogP contribution >= 0.6 is 0 Å². The van der Waals surface area contributed by atoms with E-state index >= 15 is 0 Å². The summed E-state index contributed by atoms with van der Waals surface area (Å²) in [5, 5.41) is 6.08. The molecule has 3 aromatic rings. The number of piperidine rings is 1. The fraction of sp³-hybridized carbons (Fsp3) is 0.387. The molecule has 1 saturated heterocycles. The zero-order chi connectivity index (χ0) is 29.3. The molecule has 0 radical (unpaired) electrons. The van der Waals surface area contributed by atoms with Crippen molar-refractivity contribution in [1.82, 2.24) is 9.31 Å². The third-order valence-electron chi connectivity index (χ3n) is 8.13. The van der Waals surface area contributed by atoms with E-state index in [-0.39, 0.29) is 16.4 Å². The van der Waals surface area contributed by atoms with Crippen LogP contribution in [-0.2, 0) is 19.6 Å². The molecule has 1 aliphatic carbocycles. The van der Waals surface area contributed by atoms with E-state index in [4.69, 9.17) is 18.7 Å². The van der Waals surface area contributed by atoms with Crippen molar-refractivity contribution >= 4 is 33.7 Å². The number of sulfonamides is 1. The molecule has 11 heteroatoms. The van der Waals surface area contributed by atoms with Crippen LogP contribution in [0.5, 0.6) is 0 Å². The van der Waals surface area contributed by atoms with E-state index in [1.807, 2.05) is 24.3 Å². The number of hydrazone groups is 1. The van der Waals surface area contributed by atoms with Gasteiger partial charge in [-0.25, -0.2) is 18.2 Å². The smallest absolute Gasteiger partial charge is 0.338 e. The Labute approximate surface area is 244 Å². The summed E-state index contributed by atoms with van der Waals surface area (Å²) in [6.07, 6.45) is 10.3. The largest absolute Gasteiger partial charge is 0.467 e. The average Bonchev–Trinajstić information content (AvgIpc) is 3.78. The minimum absolute atomic E-state index is 0.0663. The van der Waals surface area contributed by atoms with Gasteiger partial charge in [-0.2, -0.15) is 9.41 Å². The summed E-state index contributed by atoms with van der Waals surface area (Å²) in [6.45, 7) is 2.06. The summed E-state index contributed by atoms with van der Waals surface area (Å²) in [4.78, 5) is 26.6. The van der Waals surface area contributed by atoms with Gasteiger partial charge in [0.05, 0.1) is 28.7 Å². The second kappa shape index (κ2) is 11.7. The number of fused-ring (bicyclic) bond motifs is 1. The molecule has 0 bridgehead atoms. The number of nitrogens with zero attached hydrogens (tertiary/aromatic N) is 3. The monoisotopic (exact) mass is 591 g/mol. The number of allylic oxidation sites excluding steroid dienone is 1. The maximum Gasteiger partial charge on any atom is 0.338 e. The van der Waals surface area contributed by atoms with Crippen molar-refractivity contribution in [1.29, 1.82) is 0 Å². The molecule has 0 spiro atoms. The summed E-state index contributed by atoms with van der Waals surface area (Å²) in [7, 11) is -3.75. The summed E-state index contributed by atoms with van der Waals surface area (Å²) >= 11 is 0. The number of rotatable bonds is 7. The Balaban J connectivity index is 1.21. The lowest BCUT2D eigenvalue weighted by molar-refractivity contribution is -0.137. The van der Waals surface area contributed by atoms with Gasteiger partial charge in [0.1, 0.15) is 17.6 Å². The van der Waals surface area contributed by atoms with E-state index in [0.717, 1.165) is 49.8 Å². The molecule has 2 atom stereocenters. The molecule has 2 aliphatic heterocycles. The number of hydrogen-bond donors (Lipinski definition) is 0. The molecular formula is C31H33N3O7S. The molecule has 3 aliphatic rings. The Hall–Kier alpha value is -3.96. The summed E-state index contributed by atoms with van der Waals surface area (Å²) in [5.41, 5.74) is 2.40. The number of hydrogen-bond acceptors (Lipinski definition) is 8. The van der Waals surface area contributed by atoms with E-state index in [9.17, 15) is 18.0 Å². The zero-order valence-corrected chi connectivity index (χ0v) is 24.2. The lowest BCUT2D eigenvalue weighted by atomic mass is 9.79.